The molecule has 0 radical (unpaired) electrons. The Balaban J connectivity index is 2.53. The molecule has 0 amide bonds. The predicted molar refractivity (Wildman–Crippen MR) is 75.3 cm³/mol. The van der Waals surface area contributed by atoms with Crippen molar-refractivity contribution in [3.63, 3.8) is 0 Å². The van der Waals surface area contributed by atoms with Gasteiger partial charge in [0.1, 0.15) is 0 Å². The summed E-state index contributed by atoms with van der Waals surface area (Å²) in [4.78, 5) is 5.21. The van der Waals surface area contributed by atoms with Crippen molar-refractivity contribution in [3.8, 4) is 0 Å². The topological polar surface area (TPSA) is 6.48 Å². The molecule has 96 valence electrons. The highest BCUT2D eigenvalue weighted by Gasteiger charge is 2.23. The van der Waals surface area contributed by atoms with Crippen LogP contribution in [0.5, 0.6) is 0 Å². The highest BCUT2D eigenvalue weighted by molar-refractivity contribution is 9.09. The number of hydrogen-bond acceptors (Lipinski definition) is 2. The molecular weight excluding hydrogens is 264 g/mol. The maximum atomic E-state index is 3.64. The molecule has 0 saturated carbocycles. The molecule has 0 aliphatic carbocycles. The van der Waals surface area contributed by atoms with Crippen molar-refractivity contribution >= 4 is 15.9 Å². The molecule has 0 N–H and O–H groups in total. The number of rotatable bonds is 5. The fourth-order valence-electron chi connectivity index (χ4n) is 2.54. The Hall–Kier alpha value is 0.400. The van der Waals surface area contributed by atoms with E-state index in [4.69, 9.17) is 0 Å². The Morgan fingerprint density at radius 2 is 2.06 bits per heavy atom. The average Bonchev–Trinajstić information content (AvgIpc) is 2.47. The van der Waals surface area contributed by atoms with Gasteiger partial charge in [0.25, 0.3) is 0 Å². The summed E-state index contributed by atoms with van der Waals surface area (Å²) in [5.74, 6) is 0.817. The van der Waals surface area contributed by atoms with Crippen LogP contribution in [0.15, 0.2) is 0 Å². The first-order chi connectivity index (χ1) is 7.71. The van der Waals surface area contributed by atoms with Crippen LogP contribution in [0.2, 0.25) is 0 Å². The molecule has 16 heavy (non-hydrogen) atoms. The van der Waals surface area contributed by atoms with E-state index in [1.54, 1.807) is 0 Å². The van der Waals surface area contributed by atoms with E-state index in [2.05, 4.69) is 46.6 Å². The van der Waals surface area contributed by atoms with Crippen LogP contribution in [0.1, 0.15) is 33.1 Å². The first-order valence-electron chi connectivity index (χ1n) is 6.69. The molecule has 0 spiro atoms. The normalized spacial score (nSPS) is 26.6. The van der Waals surface area contributed by atoms with Gasteiger partial charge in [0, 0.05) is 24.5 Å². The molecule has 0 aromatic rings. The third kappa shape index (κ3) is 4.34. The molecule has 1 saturated heterocycles. The van der Waals surface area contributed by atoms with Gasteiger partial charge in [-0.1, -0.05) is 36.2 Å². The zero-order chi connectivity index (χ0) is 12.0. The minimum absolute atomic E-state index is 0.764. The predicted octanol–water partition coefficient (Wildman–Crippen LogP) is 2.82. The molecule has 1 fully saturated rings. The summed E-state index contributed by atoms with van der Waals surface area (Å²) in [7, 11) is 2.26. The Labute approximate surface area is 109 Å². The highest BCUT2D eigenvalue weighted by atomic mass is 79.9. The second kappa shape index (κ2) is 7.67. The van der Waals surface area contributed by atoms with E-state index < -0.39 is 0 Å². The maximum Gasteiger partial charge on any atom is 0.0220 e. The fraction of sp³-hybridized carbons (Fsp3) is 1.00. The van der Waals surface area contributed by atoms with E-state index in [1.165, 1.54) is 45.4 Å². The molecule has 0 aromatic carbocycles. The molecule has 2 nitrogen and oxygen atoms in total. The minimum Gasteiger partial charge on any atom is -0.305 e. The van der Waals surface area contributed by atoms with E-state index in [1.807, 2.05) is 0 Å². The van der Waals surface area contributed by atoms with Gasteiger partial charge in [-0.05, 0) is 38.9 Å². The fourth-order valence-corrected chi connectivity index (χ4v) is 3.20. The van der Waals surface area contributed by atoms with Crippen molar-refractivity contribution in [2.75, 3.05) is 38.6 Å². The Bertz CT molecular complexity index is 183. The maximum absolute atomic E-state index is 3.64. The smallest absolute Gasteiger partial charge is 0.0220 e. The molecule has 1 aliphatic heterocycles. The zero-order valence-electron chi connectivity index (χ0n) is 11.1. The first kappa shape index (κ1) is 14.5. The summed E-state index contributed by atoms with van der Waals surface area (Å²) >= 11 is 3.64. The summed E-state index contributed by atoms with van der Waals surface area (Å²) in [6.45, 7) is 9.69. The molecule has 1 rings (SSSR count). The van der Waals surface area contributed by atoms with Gasteiger partial charge in [-0.15, -0.1) is 0 Å². The Morgan fingerprint density at radius 1 is 1.31 bits per heavy atom. The number of halogens is 1. The molecule has 0 aromatic heterocycles. The second-order valence-corrected chi connectivity index (χ2v) is 5.75. The quantitative estimate of drug-likeness (QED) is 0.719. The lowest BCUT2D eigenvalue weighted by Gasteiger charge is -2.32. The minimum atomic E-state index is 0.764. The monoisotopic (exact) mass is 290 g/mol. The van der Waals surface area contributed by atoms with Crippen LogP contribution in [0.3, 0.4) is 0 Å². The third-order valence-corrected chi connectivity index (χ3v) is 4.70. The van der Waals surface area contributed by atoms with Gasteiger partial charge >= 0.3 is 0 Å². The summed E-state index contributed by atoms with van der Waals surface area (Å²) in [6.07, 6.45) is 3.89. The number of alkyl halides is 1. The van der Waals surface area contributed by atoms with E-state index in [-0.39, 0.29) is 0 Å². The second-order valence-electron chi connectivity index (χ2n) is 5.10. The molecule has 3 heteroatoms. The number of nitrogens with zero attached hydrogens (tertiary/aromatic N) is 2. The van der Waals surface area contributed by atoms with E-state index >= 15 is 0 Å². The van der Waals surface area contributed by atoms with Gasteiger partial charge in [0.15, 0.2) is 0 Å². The lowest BCUT2D eigenvalue weighted by Crippen LogP contribution is -2.42. The van der Waals surface area contributed by atoms with Crippen molar-refractivity contribution in [1.82, 2.24) is 9.80 Å². The average molecular weight is 291 g/mol. The molecule has 2 unspecified atom stereocenters. The summed E-state index contributed by atoms with van der Waals surface area (Å²) in [5, 5.41) is 1.15. The third-order valence-electron chi connectivity index (χ3n) is 3.78. The van der Waals surface area contributed by atoms with Crippen molar-refractivity contribution < 1.29 is 0 Å². The lowest BCUT2D eigenvalue weighted by atomic mass is 10.1. The van der Waals surface area contributed by atoms with Gasteiger partial charge in [-0.3, -0.25) is 4.90 Å². The number of likely N-dealkylation sites (N-methyl/N-ethyl adjacent to an activating group) is 1. The summed E-state index contributed by atoms with van der Waals surface area (Å²) < 4.78 is 0. The van der Waals surface area contributed by atoms with Crippen molar-refractivity contribution in [2.24, 2.45) is 5.92 Å². The van der Waals surface area contributed by atoms with Crippen LogP contribution in [-0.2, 0) is 0 Å². The van der Waals surface area contributed by atoms with Crippen molar-refractivity contribution in [2.45, 2.75) is 39.2 Å². The largest absolute Gasteiger partial charge is 0.305 e. The van der Waals surface area contributed by atoms with Crippen LogP contribution >= 0.6 is 15.9 Å². The van der Waals surface area contributed by atoms with Gasteiger partial charge in [0.2, 0.25) is 0 Å². The molecule has 2 atom stereocenters. The summed E-state index contributed by atoms with van der Waals surface area (Å²) in [5.41, 5.74) is 0. The van der Waals surface area contributed by atoms with Crippen molar-refractivity contribution in [1.29, 1.82) is 0 Å². The number of hydrogen-bond donors (Lipinski definition) is 0. The van der Waals surface area contributed by atoms with Crippen LogP contribution in [-0.4, -0.2) is 54.4 Å². The van der Waals surface area contributed by atoms with Crippen LogP contribution in [0.4, 0.5) is 0 Å². The molecule has 1 aliphatic rings. The van der Waals surface area contributed by atoms with Gasteiger partial charge in [-0.2, -0.15) is 0 Å². The van der Waals surface area contributed by atoms with Gasteiger partial charge in [-0.25, -0.2) is 0 Å². The first-order valence-corrected chi connectivity index (χ1v) is 7.81. The molecule has 0 bridgehead atoms. The van der Waals surface area contributed by atoms with Gasteiger partial charge < -0.3 is 4.90 Å². The highest BCUT2D eigenvalue weighted by Crippen LogP contribution is 2.16. The standard InChI is InChI=1S/C13H27BrN2/c1-4-12(9-14)10-16-8-6-7-15(3)11-13(16)5-2/h12-13H,4-11H2,1-3H3. The zero-order valence-corrected chi connectivity index (χ0v) is 12.7. The van der Waals surface area contributed by atoms with E-state index in [9.17, 15) is 0 Å². The van der Waals surface area contributed by atoms with Gasteiger partial charge in [0.05, 0.1) is 0 Å². The van der Waals surface area contributed by atoms with E-state index in [0.717, 1.165) is 17.3 Å². The van der Waals surface area contributed by atoms with Crippen molar-refractivity contribution in [3.05, 3.63) is 0 Å². The van der Waals surface area contributed by atoms with Crippen LogP contribution in [0.25, 0.3) is 0 Å². The lowest BCUT2D eigenvalue weighted by molar-refractivity contribution is 0.162. The van der Waals surface area contributed by atoms with Crippen LogP contribution in [0, 0.1) is 5.92 Å². The molecule has 1 heterocycles. The Morgan fingerprint density at radius 3 is 2.62 bits per heavy atom. The summed E-state index contributed by atoms with van der Waals surface area (Å²) in [6, 6.07) is 0.764. The molecular formula is C13H27BrN2. The Kier molecular flexibility index (Phi) is 6.94. The van der Waals surface area contributed by atoms with E-state index in [0.29, 0.717) is 0 Å². The SMILES string of the molecule is CCC(CBr)CN1CCCN(C)CC1CC. The van der Waals surface area contributed by atoms with Crippen LogP contribution < -0.4 is 0 Å².